The normalized spacial score (nSPS) is 11.0. The minimum atomic E-state index is -0.615. The van der Waals surface area contributed by atoms with E-state index in [0.29, 0.717) is 18.9 Å². The topological polar surface area (TPSA) is 69.2 Å². The van der Waals surface area contributed by atoms with Crippen LogP contribution in [-0.4, -0.2) is 30.6 Å². The molecular formula is C22H28N2O4. The molecule has 0 spiro atoms. The molecular weight excluding hydrogens is 356 g/mol. The number of ether oxygens (including phenoxy) is 3. The first kappa shape index (κ1) is 21.6. The van der Waals surface area contributed by atoms with Gasteiger partial charge in [-0.15, -0.1) is 0 Å². The zero-order valence-electron chi connectivity index (χ0n) is 16.7. The number of carbonyl (C=O) groups is 1. The molecule has 0 atom stereocenters. The second-order valence-electron chi connectivity index (χ2n) is 7.25. The quantitative estimate of drug-likeness (QED) is 0.517. The number of nitrogens with zero attached hydrogens (tertiary/aromatic N) is 1. The number of carbonyl (C=O) groups excluding carboxylic acids is 1. The van der Waals surface area contributed by atoms with Gasteiger partial charge in [-0.1, -0.05) is 60.7 Å². The van der Waals surface area contributed by atoms with Gasteiger partial charge in [-0.3, -0.25) is 0 Å². The molecule has 2 rings (SSSR count). The van der Waals surface area contributed by atoms with Crippen molar-refractivity contribution in [1.29, 1.82) is 0 Å². The molecule has 0 fully saturated rings. The molecule has 1 amide bonds. The summed E-state index contributed by atoms with van der Waals surface area (Å²) in [6.45, 7) is 6.75. The SMILES string of the molecule is CC(C)(C)OC(=O)NN=C(COCc1ccccc1)COCc1ccccc1. The molecule has 2 aromatic rings. The second kappa shape index (κ2) is 11.2. The Morgan fingerprint density at radius 1 is 0.857 bits per heavy atom. The Bertz CT molecular complexity index is 693. The lowest BCUT2D eigenvalue weighted by molar-refractivity contribution is 0.0527. The van der Waals surface area contributed by atoms with Crippen molar-refractivity contribution in [3.8, 4) is 0 Å². The average molecular weight is 384 g/mol. The van der Waals surface area contributed by atoms with E-state index >= 15 is 0 Å². The molecule has 0 unspecified atom stereocenters. The third-order valence-electron chi connectivity index (χ3n) is 3.46. The average Bonchev–Trinajstić information content (AvgIpc) is 2.66. The Labute approximate surface area is 166 Å². The van der Waals surface area contributed by atoms with Crippen molar-refractivity contribution in [3.05, 3.63) is 71.8 Å². The first-order chi connectivity index (χ1) is 13.4. The van der Waals surface area contributed by atoms with Gasteiger partial charge >= 0.3 is 6.09 Å². The Morgan fingerprint density at radius 3 is 1.75 bits per heavy atom. The van der Waals surface area contributed by atoms with Crippen LogP contribution in [0, 0.1) is 0 Å². The zero-order chi connectivity index (χ0) is 20.2. The van der Waals surface area contributed by atoms with Crippen molar-refractivity contribution < 1.29 is 19.0 Å². The van der Waals surface area contributed by atoms with E-state index in [0.717, 1.165) is 11.1 Å². The van der Waals surface area contributed by atoms with Gasteiger partial charge in [0.15, 0.2) is 0 Å². The fraction of sp³-hybridized carbons (Fsp3) is 0.364. The molecule has 6 heteroatoms. The molecule has 0 bridgehead atoms. The maximum atomic E-state index is 11.8. The molecule has 0 aliphatic rings. The van der Waals surface area contributed by atoms with Gasteiger partial charge in [0.1, 0.15) is 5.60 Å². The van der Waals surface area contributed by atoms with Crippen LogP contribution in [0.25, 0.3) is 0 Å². The largest absolute Gasteiger partial charge is 0.443 e. The highest BCUT2D eigenvalue weighted by atomic mass is 16.6. The summed E-state index contributed by atoms with van der Waals surface area (Å²) in [4.78, 5) is 11.8. The molecule has 0 radical (unpaired) electrons. The third kappa shape index (κ3) is 9.30. The Morgan fingerprint density at radius 2 is 1.32 bits per heavy atom. The minimum Gasteiger partial charge on any atom is -0.443 e. The number of hydrogen-bond acceptors (Lipinski definition) is 5. The number of rotatable bonds is 9. The van der Waals surface area contributed by atoms with Crippen LogP contribution < -0.4 is 5.43 Å². The van der Waals surface area contributed by atoms with Crippen LogP contribution in [0.15, 0.2) is 65.8 Å². The molecule has 0 saturated carbocycles. The van der Waals surface area contributed by atoms with Crippen molar-refractivity contribution in [2.24, 2.45) is 5.10 Å². The van der Waals surface area contributed by atoms with E-state index < -0.39 is 11.7 Å². The Hall–Kier alpha value is -2.70. The summed E-state index contributed by atoms with van der Waals surface area (Å²) in [6.07, 6.45) is -0.615. The van der Waals surface area contributed by atoms with E-state index in [9.17, 15) is 4.79 Å². The lowest BCUT2D eigenvalue weighted by atomic mass is 10.2. The highest BCUT2D eigenvalue weighted by Crippen LogP contribution is 2.06. The summed E-state index contributed by atoms with van der Waals surface area (Å²) < 4.78 is 16.6. The van der Waals surface area contributed by atoms with Gasteiger partial charge < -0.3 is 14.2 Å². The number of hydrazone groups is 1. The van der Waals surface area contributed by atoms with Crippen LogP contribution in [-0.2, 0) is 27.4 Å². The van der Waals surface area contributed by atoms with E-state index in [1.165, 1.54) is 0 Å². The maximum Gasteiger partial charge on any atom is 0.428 e. The summed E-state index contributed by atoms with van der Waals surface area (Å²) in [6, 6.07) is 19.7. The molecule has 2 aromatic carbocycles. The summed E-state index contributed by atoms with van der Waals surface area (Å²) in [5, 5.41) is 4.11. The molecule has 150 valence electrons. The summed E-state index contributed by atoms with van der Waals surface area (Å²) in [5.41, 5.74) is 4.51. The Kier molecular flexibility index (Phi) is 8.65. The van der Waals surface area contributed by atoms with E-state index in [1.807, 2.05) is 60.7 Å². The molecule has 0 saturated heterocycles. The number of hydrogen-bond donors (Lipinski definition) is 1. The first-order valence-electron chi connectivity index (χ1n) is 9.20. The van der Waals surface area contributed by atoms with E-state index in [2.05, 4.69) is 10.5 Å². The highest BCUT2D eigenvalue weighted by molar-refractivity contribution is 5.87. The van der Waals surface area contributed by atoms with Crippen LogP contribution in [0.4, 0.5) is 4.79 Å². The highest BCUT2D eigenvalue weighted by Gasteiger charge is 2.15. The van der Waals surface area contributed by atoms with Gasteiger partial charge in [-0.05, 0) is 31.9 Å². The minimum absolute atomic E-state index is 0.236. The molecule has 0 heterocycles. The van der Waals surface area contributed by atoms with Gasteiger partial charge in [-0.25, -0.2) is 10.2 Å². The number of amides is 1. The van der Waals surface area contributed by atoms with Crippen molar-refractivity contribution in [1.82, 2.24) is 5.43 Å². The van der Waals surface area contributed by atoms with Crippen molar-refractivity contribution >= 4 is 11.8 Å². The zero-order valence-corrected chi connectivity index (χ0v) is 16.7. The van der Waals surface area contributed by atoms with E-state index in [4.69, 9.17) is 14.2 Å². The summed E-state index contributed by atoms with van der Waals surface area (Å²) in [5.74, 6) is 0. The van der Waals surface area contributed by atoms with Crippen molar-refractivity contribution in [2.75, 3.05) is 13.2 Å². The summed E-state index contributed by atoms with van der Waals surface area (Å²) >= 11 is 0. The van der Waals surface area contributed by atoms with Gasteiger partial charge in [-0.2, -0.15) is 5.10 Å². The lowest BCUT2D eigenvalue weighted by Gasteiger charge is -2.18. The fourth-order valence-corrected chi connectivity index (χ4v) is 2.25. The van der Waals surface area contributed by atoms with Gasteiger partial charge in [0.05, 0.1) is 32.1 Å². The van der Waals surface area contributed by atoms with Crippen molar-refractivity contribution in [2.45, 2.75) is 39.6 Å². The Balaban J connectivity index is 1.87. The number of benzene rings is 2. The van der Waals surface area contributed by atoms with Crippen molar-refractivity contribution in [3.63, 3.8) is 0 Å². The predicted molar refractivity (Wildman–Crippen MR) is 109 cm³/mol. The standard InChI is InChI=1S/C22H28N2O4/c1-22(2,3)28-21(25)24-23-20(16-26-14-18-10-6-4-7-11-18)17-27-15-19-12-8-5-9-13-19/h4-13H,14-17H2,1-3H3,(H,24,25). The van der Waals surface area contributed by atoms with Gasteiger partial charge in [0, 0.05) is 0 Å². The molecule has 1 N–H and O–H groups in total. The van der Waals surface area contributed by atoms with Crippen LogP contribution in [0.5, 0.6) is 0 Å². The molecule has 6 nitrogen and oxygen atoms in total. The third-order valence-corrected chi connectivity index (χ3v) is 3.46. The molecule has 0 aromatic heterocycles. The van der Waals surface area contributed by atoms with Crippen LogP contribution in [0.1, 0.15) is 31.9 Å². The molecule has 0 aliphatic carbocycles. The van der Waals surface area contributed by atoms with Crippen LogP contribution >= 0.6 is 0 Å². The number of nitrogens with one attached hydrogen (secondary N) is 1. The van der Waals surface area contributed by atoms with E-state index in [1.54, 1.807) is 20.8 Å². The molecule has 0 aliphatic heterocycles. The lowest BCUT2D eigenvalue weighted by Crippen LogP contribution is -2.31. The molecule has 28 heavy (non-hydrogen) atoms. The van der Waals surface area contributed by atoms with Crippen LogP contribution in [0.2, 0.25) is 0 Å². The van der Waals surface area contributed by atoms with Gasteiger partial charge in [0.2, 0.25) is 0 Å². The first-order valence-corrected chi connectivity index (χ1v) is 9.20. The predicted octanol–water partition coefficient (Wildman–Crippen LogP) is 4.30. The van der Waals surface area contributed by atoms with Crippen LogP contribution in [0.3, 0.4) is 0 Å². The monoisotopic (exact) mass is 384 g/mol. The fourth-order valence-electron chi connectivity index (χ4n) is 2.25. The van der Waals surface area contributed by atoms with Gasteiger partial charge in [0.25, 0.3) is 0 Å². The smallest absolute Gasteiger partial charge is 0.428 e. The second-order valence-corrected chi connectivity index (χ2v) is 7.25. The summed E-state index contributed by atoms with van der Waals surface area (Å²) in [7, 11) is 0. The van der Waals surface area contributed by atoms with E-state index in [-0.39, 0.29) is 13.2 Å². The maximum absolute atomic E-state index is 11.8.